The molecule has 0 spiro atoms. The Morgan fingerprint density at radius 1 is 0.576 bits per heavy atom. The van der Waals surface area contributed by atoms with Crippen LogP contribution >= 0.6 is 70.2 Å². The minimum Gasteiger partial charge on any atom is -0.464 e. The van der Waals surface area contributed by atoms with Crippen molar-refractivity contribution in [2.24, 2.45) is 0 Å². The van der Waals surface area contributed by atoms with E-state index in [4.69, 9.17) is 40.6 Å². The number of aryl methyl sites for hydroxylation is 4. The summed E-state index contributed by atoms with van der Waals surface area (Å²) in [5.41, 5.74) is -0.271. The summed E-state index contributed by atoms with van der Waals surface area (Å²) < 4.78 is 43.5. The topological polar surface area (TPSA) is 385 Å². The van der Waals surface area contributed by atoms with Gasteiger partial charge in [-0.2, -0.15) is 0 Å². The number of rotatable bonds is 11. The van der Waals surface area contributed by atoms with Crippen LogP contribution in [0.5, 0.6) is 0 Å². The first-order valence-corrected chi connectivity index (χ1v) is 33.1. The standard InChI is InChI=1S/C16H17N5O4S2.C14H19N3O4S2.2C12H15N3O4S.2CH4/c1-3-9-10(25-16(26)20-5-4-17-7-20)6-11(24-9)21-13-12(27-15(21)23)14(22)19-8(2)18-13;1-4-8-5-9(20-7(3)22)13(21-8)17-11-10(23-14(17)19)12(18)16-6(2)15-11;1-3-7-6(16)4-8(19-7)15-10-9(20-12(15)18)11(17)14-5(2)13-10;1-3-6-4-7(16)11(19-6)15-9-8(20-12(15)18)10(17)14-5(2)13-9;;/h4-5,7,9-11H,3,6H2,1-2H3,(H,18,19,22);7-9,13,22H,4-5H2,1-3H3,(H,15,16,18);6-8,16H,3-4H2,1-2H3,(H,13,14,17);6-7,11,16H,3-4H2,1-2H3,(H,13,14,17);2*1H4/t9-,10+,11-;7?,8-,9-,13-;6?,7-,8-;6-,7-,11-;;/m1111../s1. The van der Waals surface area contributed by atoms with Crippen LogP contribution in [0.4, 0.5) is 0 Å². The highest BCUT2D eigenvalue weighted by molar-refractivity contribution is 7.80. The first-order valence-electron chi connectivity index (χ1n) is 28.9. The van der Waals surface area contributed by atoms with Gasteiger partial charge in [-0.05, 0) is 72.5 Å². The number of H-pyrrole nitrogens is 4. The first-order chi connectivity index (χ1) is 42.9. The molecule has 13 atom stereocenters. The van der Waals surface area contributed by atoms with Gasteiger partial charge >= 0.3 is 19.5 Å². The molecule has 0 bridgehead atoms. The number of imidazole rings is 1. The highest BCUT2D eigenvalue weighted by Crippen LogP contribution is 2.37. The molecule has 9 aromatic heterocycles. The number of thiazole rings is 4. The summed E-state index contributed by atoms with van der Waals surface area (Å²) in [7, 11) is 0. The van der Waals surface area contributed by atoms with Gasteiger partial charge in [0.25, 0.3) is 27.4 Å². The number of aliphatic hydroxyl groups excluding tert-OH is 2. The number of aromatic nitrogens is 14. The van der Waals surface area contributed by atoms with E-state index in [0.29, 0.717) is 92.9 Å². The molecule has 6 N–H and O–H groups in total. The Kier molecular flexibility index (Phi) is 23.1. The van der Waals surface area contributed by atoms with Crippen LogP contribution in [0.15, 0.2) is 57.1 Å². The quantitative estimate of drug-likeness (QED) is 0.0465. The Labute approximate surface area is 549 Å². The zero-order valence-electron chi connectivity index (χ0n) is 50.0. The summed E-state index contributed by atoms with van der Waals surface area (Å²) >= 11 is 13.0. The number of fused-ring (bicyclic) bond motifs is 4. The van der Waals surface area contributed by atoms with Gasteiger partial charge in [-0.15, -0.1) is 12.6 Å². The Hall–Kier alpha value is -6.55. The molecule has 0 aromatic carbocycles. The van der Waals surface area contributed by atoms with E-state index in [1.54, 1.807) is 51.0 Å². The van der Waals surface area contributed by atoms with E-state index in [9.17, 15) is 48.6 Å². The molecular formula is C56H74N14O16S6. The summed E-state index contributed by atoms with van der Waals surface area (Å²) in [6.07, 6.45) is 4.64. The van der Waals surface area contributed by atoms with Crippen molar-refractivity contribution >= 4 is 117 Å². The smallest absolute Gasteiger partial charge is 0.311 e. The molecule has 13 heterocycles. The van der Waals surface area contributed by atoms with Crippen molar-refractivity contribution in [2.45, 2.75) is 208 Å². The highest BCUT2D eigenvalue weighted by atomic mass is 32.1. The molecule has 30 nitrogen and oxygen atoms in total. The largest absolute Gasteiger partial charge is 0.464 e. The Morgan fingerprint density at radius 3 is 1.38 bits per heavy atom. The van der Waals surface area contributed by atoms with Crippen molar-refractivity contribution < 1.29 is 38.6 Å². The lowest BCUT2D eigenvalue weighted by molar-refractivity contribution is -0.0652. The van der Waals surface area contributed by atoms with Gasteiger partial charge < -0.3 is 58.6 Å². The van der Waals surface area contributed by atoms with Crippen LogP contribution in [0.3, 0.4) is 0 Å². The molecule has 4 saturated heterocycles. The third-order valence-corrected chi connectivity index (χ3v) is 19.4. The first kappa shape index (κ1) is 71.3. The Morgan fingerprint density at radius 2 is 0.978 bits per heavy atom. The fourth-order valence-electron chi connectivity index (χ4n) is 11.1. The number of thiol groups is 1. The number of hydrogen-bond acceptors (Lipinski definition) is 27. The van der Waals surface area contributed by atoms with Gasteiger partial charge in [-0.3, -0.25) is 61.2 Å². The minimum atomic E-state index is -0.769. The lowest BCUT2D eigenvalue weighted by Gasteiger charge is -2.21. The normalized spacial score (nSPS) is 24.6. The molecule has 4 aliphatic heterocycles. The summed E-state index contributed by atoms with van der Waals surface area (Å²) in [5.74, 6) is 1.77. The average molecular weight is 1390 g/mol. The predicted octanol–water partition coefficient (Wildman–Crippen LogP) is 5.68. The SMILES string of the molecule is C.C.CC[C@@H]1C[C@@H](O)[C@H](n2c(=O)sc3c(=O)[nH]c(C)nc32)O1.CC[C@@H]1C[C@@H](OC(C)S)[C@H](n2c(=O)sc3c(=O)[nH]c(C)nc32)O1.CC[C@H]1O[C@@H](n2c(=O)sc3c(=O)[nH]c(C)nc32)CC1O.CC[C@H]1O[C@@H](n2c(=O)sc3c(=O)[nH]c(C)nc32)C[C@@H]1OC(=S)n1ccnc1. The second-order valence-corrected chi connectivity index (χ2v) is 26.5. The highest BCUT2D eigenvalue weighted by Gasteiger charge is 2.42. The van der Waals surface area contributed by atoms with Crippen LogP contribution in [0, 0.1) is 27.7 Å². The average Bonchev–Trinajstić information content (AvgIpc) is 1.64. The van der Waals surface area contributed by atoms with E-state index in [1.165, 1.54) is 18.3 Å². The molecule has 0 radical (unpaired) electrons. The fraction of sp³-hybridized carbons (Fsp3) is 0.571. The van der Waals surface area contributed by atoms with Crippen LogP contribution in [-0.4, -0.2) is 137 Å². The summed E-state index contributed by atoms with van der Waals surface area (Å²) in [4.78, 5) is 127. The lowest BCUT2D eigenvalue weighted by Crippen LogP contribution is -2.30. The zero-order chi connectivity index (χ0) is 64.7. The fourth-order valence-corrected chi connectivity index (χ4v) is 14.8. The number of aliphatic hydroxyl groups is 2. The number of nitrogens with one attached hydrogen (secondary N) is 4. The zero-order valence-corrected chi connectivity index (χ0v) is 54.9. The van der Waals surface area contributed by atoms with Gasteiger partial charge in [0.15, 0.2) is 35.0 Å². The van der Waals surface area contributed by atoms with Crippen LogP contribution in [0.2, 0.25) is 0 Å². The molecule has 13 rings (SSSR count). The van der Waals surface area contributed by atoms with Crippen molar-refractivity contribution in [1.29, 1.82) is 0 Å². The molecule has 92 heavy (non-hydrogen) atoms. The maximum Gasteiger partial charge on any atom is 0.311 e. The van der Waals surface area contributed by atoms with E-state index in [1.807, 2.05) is 34.6 Å². The number of nitrogens with zero attached hydrogens (tertiary/aromatic N) is 10. The molecule has 9 aromatic rings. The molecule has 36 heteroatoms. The van der Waals surface area contributed by atoms with Crippen molar-refractivity contribution in [1.82, 2.24) is 67.7 Å². The molecule has 500 valence electrons. The molecule has 0 aliphatic carbocycles. The van der Waals surface area contributed by atoms with Gasteiger partial charge in [0.05, 0.1) is 36.0 Å². The van der Waals surface area contributed by atoms with Gasteiger partial charge in [0, 0.05) is 38.1 Å². The summed E-state index contributed by atoms with van der Waals surface area (Å²) in [6, 6.07) is 0. The Bertz CT molecular complexity index is 4590. The Balaban J connectivity index is 0.000000158. The number of ether oxygens (including phenoxy) is 6. The second-order valence-electron chi connectivity index (χ2n) is 21.6. The maximum atomic E-state index is 12.5. The number of aromatic amines is 4. The van der Waals surface area contributed by atoms with Gasteiger partial charge in [0.1, 0.15) is 79.2 Å². The number of thiocarbonyl (C=S) groups is 1. The minimum absolute atomic E-state index is 0. The van der Waals surface area contributed by atoms with Crippen LogP contribution in [0.1, 0.15) is 149 Å². The van der Waals surface area contributed by atoms with E-state index in [0.717, 1.165) is 58.2 Å². The van der Waals surface area contributed by atoms with Crippen molar-refractivity contribution in [3.8, 4) is 0 Å². The third kappa shape index (κ3) is 14.7. The monoisotopic (exact) mass is 1390 g/mol. The maximum absolute atomic E-state index is 12.5. The van der Waals surface area contributed by atoms with Crippen molar-refractivity contribution in [2.75, 3.05) is 0 Å². The van der Waals surface area contributed by atoms with E-state index >= 15 is 0 Å². The van der Waals surface area contributed by atoms with Gasteiger partial charge in [-0.1, -0.05) is 87.9 Å². The number of hydrogen-bond donors (Lipinski definition) is 7. The molecule has 2 unspecified atom stereocenters. The van der Waals surface area contributed by atoms with E-state index in [-0.39, 0.29) is 114 Å². The molecule has 0 saturated carbocycles. The van der Waals surface area contributed by atoms with Crippen LogP contribution < -0.4 is 41.7 Å². The van der Waals surface area contributed by atoms with Crippen LogP contribution in [-0.2, 0) is 28.4 Å². The van der Waals surface area contributed by atoms with E-state index in [2.05, 4.69) is 57.5 Å². The van der Waals surface area contributed by atoms with Crippen LogP contribution in [0.25, 0.3) is 41.4 Å². The van der Waals surface area contributed by atoms with E-state index < -0.39 is 37.1 Å². The third-order valence-electron chi connectivity index (χ3n) is 15.2. The summed E-state index contributed by atoms with van der Waals surface area (Å²) in [6.45, 7) is 16.4. The predicted molar refractivity (Wildman–Crippen MR) is 356 cm³/mol. The molecule has 4 fully saturated rings. The second kappa shape index (κ2) is 29.8. The lowest BCUT2D eigenvalue weighted by atomic mass is 10.1. The van der Waals surface area contributed by atoms with Crippen molar-refractivity contribution in [3.63, 3.8) is 0 Å². The van der Waals surface area contributed by atoms with Gasteiger partial charge in [-0.25, -0.2) is 24.9 Å². The molecule has 4 aliphatic rings. The summed E-state index contributed by atoms with van der Waals surface area (Å²) in [5, 5.41) is 20.3. The molecular weight excluding hydrogens is 1320 g/mol. The van der Waals surface area contributed by atoms with Gasteiger partial charge in [0.2, 0.25) is 0 Å². The molecule has 0 amide bonds. The van der Waals surface area contributed by atoms with Crippen molar-refractivity contribution in [3.05, 3.63) is 122 Å².